The maximum absolute atomic E-state index is 5.18. The van der Waals surface area contributed by atoms with Crippen LogP contribution in [-0.4, -0.2) is 24.1 Å². The Morgan fingerprint density at radius 1 is 0.440 bits per heavy atom. The Bertz CT molecular complexity index is 2850. The molecule has 50 heavy (non-hydrogen) atoms. The Kier molecular flexibility index (Phi) is 6.42. The van der Waals surface area contributed by atoms with Gasteiger partial charge in [0.2, 0.25) is 0 Å². The summed E-state index contributed by atoms with van der Waals surface area (Å²) in [6.07, 6.45) is 3.80. The lowest BCUT2D eigenvalue weighted by Crippen LogP contribution is -2.03. The minimum Gasteiger partial charge on any atom is -0.309 e. The van der Waals surface area contributed by atoms with Gasteiger partial charge in [0.05, 0.1) is 34.1 Å². The van der Waals surface area contributed by atoms with E-state index in [2.05, 4.69) is 130 Å². The van der Waals surface area contributed by atoms with E-state index < -0.39 is 0 Å². The van der Waals surface area contributed by atoms with Crippen molar-refractivity contribution < 1.29 is 0 Å². The minimum atomic E-state index is 0.686. The van der Waals surface area contributed by atoms with Crippen LogP contribution in [0.5, 0.6) is 0 Å². The highest BCUT2D eigenvalue weighted by Crippen LogP contribution is 2.41. The number of pyridine rings is 1. The van der Waals surface area contributed by atoms with Crippen LogP contribution in [0.1, 0.15) is 0 Å². The molecular formula is C45H29N5. The highest BCUT2D eigenvalue weighted by atomic mass is 15.1. The van der Waals surface area contributed by atoms with Crippen molar-refractivity contribution in [1.29, 1.82) is 0 Å². The van der Waals surface area contributed by atoms with E-state index in [1.165, 1.54) is 27.4 Å². The predicted molar refractivity (Wildman–Crippen MR) is 205 cm³/mol. The van der Waals surface area contributed by atoms with Gasteiger partial charge in [-0.15, -0.1) is 0 Å². The summed E-state index contributed by atoms with van der Waals surface area (Å²) in [7, 11) is 0. The van der Waals surface area contributed by atoms with Crippen molar-refractivity contribution in [2.75, 3.05) is 0 Å². The van der Waals surface area contributed by atoms with Gasteiger partial charge in [0.15, 0.2) is 5.82 Å². The van der Waals surface area contributed by atoms with Crippen molar-refractivity contribution in [3.05, 3.63) is 176 Å². The molecule has 0 aliphatic rings. The third-order valence-electron chi connectivity index (χ3n) is 9.64. The van der Waals surface area contributed by atoms with E-state index in [0.29, 0.717) is 5.82 Å². The number of rotatable bonds is 5. The highest BCUT2D eigenvalue weighted by Gasteiger charge is 2.21. The molecule has 10 aromatic rings. The van der Waals surface area contributed by atoms with E-state index in [4.69, 9.17) is 15.0 Å². The molecule has 4 heterocycles. The average molecular weight is 640 g/mol. The SMILES string of the molecule is c1ccc(-c2ncc(-n3c4ccc(-c5cccc6c7ccccc7n(-c7ccccc7)c56)cc4c4cccnc43)c(-c3ccccc3)n2)cc1. The Balaban J connectivity index is 1.23. The van der Waals surface area contributed by atoms with Crippen LogP contribution in [0.15, 0.2) is 176 Å². The normalized spacial score (nSPS) is 11.6. The van der Waals surface area contributed by atoms with Gasteiger partial charge in [-0.2, -0.15) is 0 Å². The molecule has 5 heteroatoms. The third-order valence-corrected chi connectivity index (χ3v) is 9.64. The van der Waals surface area contributed by atoms with E-state index in [0.717, 1.165) is 55.7 Å². The van der Waals surface area contributed by atoms with Crippen LogP contribution in [0.4, 0.5) is 0 Å². The van der Waals surface area contributed by atoms with Crippen LogP contribution >= 0.6 is 0 Å². The van der Waals surface area contributed by atoms with E-state index in [-0.39, 0.29) is 0 Å². The van der Waals surface area contributed by atoms with Gasteiger partial charge in [-0.25, -0.2) is 15.0 Å². The lowest BCUT2D eigenvalue weighted by Gasteiger charge is -2.14. The second-order valence-electron chi connectivity index (χ2n) is 12.5. The summed E-state index contributed by atoms with van der Waals surface area (Å²) in [6.45, 7) is 0. The Morgan fingerprint density at radius 2 is 1.12 bits per heavy atom. The van der Waals surface area contributed by atoms with E-state index in [1.807, 2.05) is 54.9 Å². The van der Waals surface area contributed by atoms with Gasteiger partial charge in [-0.1, -0.05) is 121 Å². The summed E-state index contributed by atoms with van der Waals surface area (Å²) < 4.78 is 4.61. The van der Waals surface area contributed by atoms with E-state index in [9.17, 15) is 0 Å². The first-order chi connectivity index (χ1) is 24.8. The van der Waals surface area contributed by atoms with Crippen molar-refractivity contribution >= 4 is 43.7 Å². The van der Waals surface area contributed by atoms with Gasteiger partial charge in [-0.3, -0.25) is 4.57 Å². The molecule has 0 fully saturated rings. The van der Waals surface area contributed by atoms with Gasteiger partial charge in [0.1, 0.15) is 5.65 Å². The lowest BCUT2D eigenvalue weighted by atomic mass is 10.00. The van der Waals surface area contributed by atoms with Crippen LogP contribution in [0.25, 0.3) is 88.9 Å². The first-order valence-corrected chi connectivity index (χ1v) is 16.8. The lowest BCUT2D eigenvalue weighted by molar-refractivity contribution is 1.07. The fourth-order valence-corrected chi connectivity index (χ4v) is 7.43. The summed E-state index contributed by atoms with van der Waals surface area (Å²) in [4.78, 5) is 15.0. The van der Waals surface area contributed by atoms with Crippen LogP contribution in [-0.2, 0) is 0 Å². The topological polar surface area (TPSA) is 48.5 Å². The molecule has 0 atom stereocenters. The summed E-state index contributed by atoms with van der Waals surface area (Å²) in [6, 6.07) is 57.4. The van der Waals surface area contributed by atoms with Crippen molar-refractivity contribution in [2.24, 2.45) is 0 Å². The average Bonchev–Trinajstić information content (AvgIpc) is 3.71. The van der Waals surface area contributed by atoms with Crippen LogP contribution in [0.2, 0.25) is 0 Å². The van der Waals surface area contributed by atoms with Gasteiger partial charge in [0.25, 0.3) is 0 Å². The Labute approximate surface area is 288 Å². The zero-order valence-corrected chi connectivity index (χ0v) is 27.0. The fraction of sp³-hybridized carbons (Fsp3) is 0. The molecule has 6 aromatic carbocycles. The standard InChI is InChI=1S/C45H29N5/c1-4-14-30(15-5-1)42-41(29-47-44(48-42)31-16-6-2-7-17-31)50-40-26-25-32(28-38(40)37-23-13-27-46-45(37)50)34-21-12-22-36-35-20-10-11-24-39(35)49(43(34)36)33-18-8-3-9-19-33/h1-29H. The number of hydrogen-bond donors (Lipinski definition) is 0. The molecule has 0 amide bonds. The van der Waals surface area contributed by atoms with E-state index >= 15 is 0 Å². The molecule has 5 nitrogen and oxygen atoms in total. The monoisotopic (exact) mass is 639 g/mol. The number of para-hydroxylation sites is 3. The Hall–Kier alpha value is -6.85. The van der Waals surface area contributed by atoms with E-state index in [1.54, 1.807) is 0 Å². The minimum absolute atomic E-state index is 0.686. The molecule has 0 aliphatic heterocycles. The third kappa shape index (κ3) is 4.37. The zero-order valence-electron chi connectivity index (χ0n) is 27.0. The fourth-order valence-electron chi connectivity index (χ4n) is 7.43. The molecular weight excluding hydrogens is 611 g/mol. The molecule has 0 aliphatic carbocycles. The molecule has 0 unspecified atom stereocenters. The molecule has 0 bridgehead atoms. The van der Waals surface area contributed by atoms with Crippen molar-refractivity contribution in [3.63, 3.8) is 0 Å². The summed E-state index contributed by atoms with van der Waals surface area (Å²) >= 11 is 0. The first kappa shape index (κ1) is 28.2. The van der Waals surface area contributed by atoms with Crippen molar-refractivity contribution in [2.45, 2.75) is 0 Å². The zero-order chi connectivity index (χ0) is 33.0. The molecule has 0 radical (unpaired) electrons. The molecule has 234 valence electrons. The largest absolute Gasteiger partial charge is 0.309 e. The first-order valence-electron chi connectivity index (χ1n) is 16.8. The van der Waals surface area contributed by atoms with Gasteiger partial charge in [0, 0.05) is 50.1 Å². The van der Waals surface area contributed by atoms with Crippen molar-refractivity contribution in [1.82, 2.24) is 24.1 Å². The maximum atomic E-state index is 5.18. The molecule has 4 aromatic heterocycles. The highest BCUT2D eigenvalue weighted by molar-refractivity contribution is 6.15. The number of hydrogen-bond acceptors (Lipinski definition) is 3. The van der Waals surface area contributed by atoms with Crippen LogP contribution in [0.3, 0.4) is 0 Å². The predicted octanol–water partition coefficient (Wildman–Crippen LogP) is 11.1. The Morgan fingerprint density at radius 3 is 1.94 bits per heavy atom. The summed E-state index contributed by atoms with van der Waals surface area (Å²) in [5.74, 6) is 0.686. The molecule has 0 saturated heterocycles. The maximum Gasteiger partial charge on any atom is 0.159 e. The smallest absolute Gasteiger partial charge is 0.159 e. The number of benzene rings is 6. The van der Waals surface area contributed by atoms with Gasteiger partial charge in [-0.05, 0) is 48.0 Å². The van der Waals surface area contributed by atoms with Gasteiger partial charge >= 0.3 is 0 Å². The van der Waals surface area contributed by atoms with Gasteiger partial charge < -0.3 is 4.57 Å². The number of aromatic nitrogens is 5. The number of fused-ring (bicyclic) bond motifs is 6. The summed E-state index contributed by atoms with van der Waals surface area (Å²) in [5.41, 5.74) is 11.5. The number of nitrogens with zero attached hydrogens (tertiary/aromatic N) is 5. The molecule has 10 rings (SSSR count). The quantitative estimate of drug-likeness (QED) is 0.188. The van der Waals surface area contributed by atoms with Crippen LogP contribution in [0, 0.1) is 0 Å². The molecule has 0 saturated carbocycles. The second kappa shape index (κ2) is 11.4. The van der Waals surface area contributed by atoms with Crippen LogP contribution < -0.4 is 0 Å². The van der Waals surface area contributed by atoms with Crippen molar-refractivity contribution in [3.8, 4) is 45.1 Å². The summed E-state index contributed by atoms with van der Waals surface area (Å²) in [5, 5.41) is 4.67. The molecule has 0 spiro atoms. The second-order valence-corrected chi connectivity index (χ2v) is 12.5. The molecule has 0 N–H and O–H groups in total.